The molecule has 11 atom stereocenters. The molecule has 1 aromatic carbocycles. The van der Waals surface area contributed by atoms with Crippen LogP contribution in [0.2, 0.25) is 0 Å². The molecule has 0 amide bonds. The Morgan fingerprint density at radius 1 is 0.978 bits per heavy atom. The summed E-state index contributed by atoms with van der Waals surface area (Å²) in [5, 5.41) is 21.7. The lowest BCUT2D eigenvalue weighted by molar-refractivity contribution is -0.246. The van der Waals surface area contributed by atoms with E-state index in [0.29, 0.717) is 28.6 Å². The summed E-state index contributed by atoms with van der Waals surface area (Å²) in [6, 6.07) is 10.8. The van der Waals surface area contributed by atoms with Crippen LogP contribution in [0, 0.1) is 51.2 Å². The molecule has 5 heteroatoms. The summed E-state index contributed by atoms with van der Waals surface area (Å²) < 4.78 is 13.2. The zero-order chi connectivity index (χ0) is 31.8. The molecule has 252 valence electrons. The number of fused-ring (bicyclic) bond motifs is 2. The molecule has 1 aliphatic heterocycles. The molecule has 7 rings (SSSR count). The van der Waals surface area contributed by atoms with E-state index < -0.39 is 5.60 Å². The number of hydrogen-bond acceptors (Lipinski definition) is 5. The van der Waals surface area contributed by atoms with Crippen molar-refractivity contribution in [1.29, 1.82) is 0 Å². The minimum absolute atomic E-state index is 0.130. The van der Waals surface area contributed by atoms with Gasteiger partial charge in [0.15, 0.2) is 6.29 Å². The van der Waals surface area contributed by atoms with E-state index in [1.807, 2.05) is 13.8 Å². The average Bonchev–Trinajstić information content (AvgIpc) is 3.40. The van der Waals surface area contributed by atoms with Crippen molar-refractivity contribution in [3.63, 3.8) is 0 Å². The van der Waals surface area contributed by atoms with Crippen molar-refractivity contribution in [2.45, 2.75) is 143 Å². The summed E-state index contributed by atoms with van der Waals surface area (Å²) in [4.78, 5) is 2.50. The number of ether oxygens (including phenoxy) is 2. The number of unbranched alkanes of at least 4 members (excludes halogenated alkanes) is 1. The van der Waals surface area contributed by atoms with Gasteiger partial charge >= 0.3 is 0 Å². The molecule has 0 aromatic heterocycles. The first-order valence-corrected chi connectivity index (χ1v) is 18.8. The summed E-state index contributed by atoms with van der Waals surface area (Å²) in [7, 11) is 0. The fourth-order valence-corrected chi connectivity index (χ4v) is 13.3. The van der Waals surface area contributed by atoms with E-state index in [-0.39, 0.29) is 29.3 Å². The van der Waals surface area contributed by atoms with Gasteiger partial charge in [-0.05, 0) is 128 Å². The normalized spacial score (nSPS) is 45.7. The smallest absolute Gasteiger partial charge is 0.170 e. The van der Waals surface area contributed by atoms with E-state index in [1.54, 1.807) is 0 Å². The van der Waals surface area contributed by atoms with Crippen LogP contribution < -0.4 is 0 Å². The molecule has 6 fully saturated rings. The van der Waals surface area contributed by atoms with Gasteiger partial charge in [0, 0.05) is 19.6 Å². The van der Waals surface area contributed by atoms with Gasteiger partial charge in [-0.2, -0.15) is 0 Å². The van der Waals surface area contributed by atoms with Crippen LogP contribution in [0.1, 0.15) is 118 Å². The maximum atomic E-state index is 11.5. The Morgan fingerprint density at radius 3 is 2.51 bits per heavy atom. The van der Waals surface area contributed by atoms with E-state index >= 15 is 0 Å². The Morgan fingerprint density at radius 2 is 1.76 bits per heavy atom. The lowest BCUT2D eigenvalue weighted by atomic mass is 9.46. The maximum Gasteiger partial charge on any atom is 0.170 e. The first kappa shape index (κ1) is 32.6. The lowest BCUT2D eigenvalue weighted by Crippen LogP contribution is -2.56. The highest BCUT2D eigenvalue weighted by atomic mass is 16.7. The predicted octanol–water partition coefficient (Wildman–Crippen LogP) is 7.83. The molecule has 2 N–H and O–H groups in total. The molecular weight excluding hydrogens is 558 g/mol. The number of hydrogen-bond donors (Lipinski definition) is 2. The second-order valence-electron chi connectivity index (χ2n) is 18.1. The predicted molar refractivity (Wildman–Crippen MR) is 179 cm³/mol. The van der Waals surface area contributed by atoms with Gasteiger partial charge in [0.1, 0.15) is 0 Å². The molecule has 5 aliphatic carbocycles. The molecule has 5 nitrogen and oxygen atoms in total. The van der Waals surface area contributed by atoms with Gasteiger partial charge < -0.3 is 19.7 Å². The van der Waals surface area contributed by atoms with E-state index in [4.69, 9.17) is 9.47 Å². The van der Waals surface area contributed by atoms with Gasteiger partial charge in [-0.25, -0.2) is 0 Å². The fraction of sp³-hybridized carbons (Fsp3) is 0.850. The average molecular weight is 622 g/mol. The van der Waals surface area contributed by atoms with Gasteiger partial charge in [-0.1, -0.05) is 70.9 Å². The standard InChI is InChI=1S/C40H63NO4/c1-27-39-21-20-38(6)30(14-10-11-18-36(2,3)43)32(42)24-31(38)29(39)15-16-33-37(4,5)34(17-19-40(27,33)39)45-35-26-41(22-23-44-35)25-28-12-8-7-9-13-28/h7-9,12-13,27,29-35,42-43H,10-11,14-26H2,1-6H3/t27-,29-,30-,31?,32+,33?,34-,35?,38+,39-,40?/m0/s1. The van der Waals surface area contributed by atoms with Crippen molar-refractivity contribution in [3.05, 3.63) is 35.9 Å². The van der Waals surface area contributed by atoms with E-state index in [9.17, 15) is 10.2 Å². The van der Waals surface area contributed by atoms with Crippen LogP contribution in [-0.4, -0.2) is 58.9 Å². The molecule has 4 unspecified atom stereocenters. The molecule has 0 bridgehead atoms. The van der Waals surface area contributed by atoms with Crippen LogP contribution in [0.5, 0.6) is 0 Å². The number of aliphatic hydroxyl groups excluding tert-OH is 1. The van der Waals surface area contributed by atoms with E-state index in [0.717, 1.165) is 76.6 Å². The van der Waals surface area contributed by atoms with E-state index in [1.165, 1.54) is 37.7 Å². The molecule has 2 spiro atoms. The van der Waals surface area contributed by atoms with Crippen molar-refractivity contribution in [1.82, 2.24) is 4.90 Å². The van der Waals surface area contributed by atoms with Crippen LogP contribution in [0.3, 0.4) is 0 Å². The molecule has 45 heavy (non-hydrogen) atoms. The first-order valence-electron chi connectivity index (χ1n) is 18.8. The molecule has 5 saturated carbocycles. The Hall–Kier alpha value is -0.980. The number of morpholine rings is 1. The van der Waals surface area contributed by atoms with Gasteiger partial charge in [-0.15, -0.1) is 0 Å². The number of benzene rings is 1. The van der Waals surface area contributed by atoms with Gasteiger partial charge in [0.25, 0.3) is 0 Å². The summed E-state index contributed by atoms with van der Waals surface area (Å²) in [6.45, 7) is 17.6. The topological polar surface area (TPSA) is 62.2 Å². The highest BCUT2D eigenvalue weighted by Gasteiger charge is 2.84. The number of aliphatic hydroxyl groups is 2. The highest BCUT2D eigenvalue weighted by molar-refractivity contribution is 5.32. The van der Waals surface area contributed by atoms with Gasteiger partial charge in [0.05, 0.1) is 24.4 Å². The van der Waals surface area contributed by atoms with Crippen LogP contribution in [0.4, 0.5) is 0 Å². The molecule has 0 radical (unpaired) electrons. The summed E-state index contributed by atoms with van der Waals surface area (Å²) in [5.74, 6) is 3.32. The van der Waals surface area contributed by atoms with Crippen molar-refractivity contribution >= 4 is 0 Å². The quantitative estimate of drug-likeness (QED) is 0.275. The van der Waals surface area contributed by atoms with Crippen molar-refractivity contribution in [2.24, 2.45) is 51.2 Å². The van der Waals surface area contributed by atoms with E-state index in [2.05, 4.69) is 62.9 Å². The van der Waals surface area contributed by atoms with Crippen molar-refractivity contribution < 1.29 is 19.7 Å². The number of nitrogens with zero attached hydrogens (tertiary/aromatic N) is 1. The number of rotatable bonds is 9. The highest BCUT2D eigenvalue weighted by Crippen LogP contribution is 2.89. The molecule has 1 aromatic rings. The Kier molecular flexibility index (Phi) is 8.37. The van der Waals surface area contributed by atoms with Crippen LogP contribution in [0.15, 0.2) is 30.3 Å². The minimum Gasteiger partial charge on any atom is -0.393 e. The molecule has 6 aliphatic rings. The van der Waals surface area contributed by atoms with Crippen molar-refractivity contribution in [3.8, 4) is 0 Å². The third-order valence-corrected chi connectivity index (χ3v) is 15.4. The third kappa shape index (κ3) is 5.20. The monoisotopic (exact) mass is 621 g/mol. The summed E-state index contributed by atoms with van der Waals surface area (Å²) in [5.41, 5.74) is 2.08. The molecule has 1 heterocycles. The van der Waals surface area contributed by atoms with Crippen LogP contribution in [0.25, 0.3) is 0 Å². The third-order valence-electron chi connectivity index (χ3n) is 15.4. The maximum absolute atomic E-state index is 11.5. The fourth-order valence-electron chi connectivity index (χ4n) is 13.3. The summed E-state index contributed by atoms with van der Waals surface area (Å²) >= 11 is 0. The van der Waals surface area contributed by atoms with Crippen LogP contribution >= 0.6 is 0 Å². The molecule has 1 saturated heterocycles. The van der Waals surface area contributed by atoms with Gasteiger partial charge in [-0.3, -0.25) is 4.90 Å². The zero-order valence-electron chi connectivity index (χ0n) is 29.3. The Bertz CT molecular complexity index is 1200. The molecular formula is C40H63NO4. The minimum atomic E-state index is -0.586. The zero-order valence-corrected chi connectivity index (χ0v) is 29.3. The second kappa shape index (κ2) is 11.6. The first-order chi connectivity index (χ1) is 21.3. The van der Waals surface area contributed by atoms with Crippen molar-refractivity contribution in [2.75, 3.05) is 19.7 Å². The summed E-state index contributed by atoms with van der Waals surface area (Å²) in [6.07, 6.45) is 12.8. The Balaban J connectivity index is 1.03. The Labute approximate surface area is 273 Å². The largest absolute Gasteiger partial charge is 0.393 e. The van der Waals surface area contributed by atoms with Crippen LogP contribution in [-0.2, 0) is 16.0 Å². The second-order valence-corrected chi connectivity index (χ2v) is 18.1. The lowest BCUT2D eigenvalue weighted by Gasteiger charge is -2.59. The van der Waals surface area contributed by atoms with Gasteiger partial charge in [0.2, 0.25) is 0 Å². The SMILES string of the molecule is C[C@@H]1C23CC[C@H](OC4CN(Cc5ccccc5)CCO4)C(C)(C)C2CC[C@H]2C4C[C@@H](O)[C@H](CCCCC(C)(C)O)[C@@]4(C)CC[C@]123.